The topological polar surface area (TPSA) is 24.1 Å². The van der Waals surface area contributed by atoms with E-state index in [0.717, 1.165) is 0 Å². The number of benzene rings is 2. The van der Waals surface area contributed by atoms with Crippen LogP contribution in [-0.2, 0) is 24.7 Å². The average Bonchev–Trinajstić information content (AvgIpc) is 2.60. The average molecular weight is 658 g/mol. The zero-order valence-electron chi connectivity index (χ0n) is 15.5. The number of hydrogen-bond donors (Lipinski definition) is 2. The number of nitrogens with one attached hydrogen (secondary N) is 2. The minimum absolute atomic E-state index is 0.219. The van der Waals surface area contributed by atoms with Gasteiger partial charge < -0.3 is 10.6 Å². The molecule has 0 amide bonds. The molecule has 0 fully saturated rings. The fourth-order valence-corrected chi connectivity index (χ4v) is 4.10. The van der Waals surface area contributed by atoms with Crippen molar-refractivity contribution in [2.75, 3.05) is 10.6 Å². The third-order valence-corrected chi connectivity index (χ3v) is 5.80. The molecule has 0 bridgehead atoms. The van der Waals surface area contributed by atoms with Crippen molar-refractivity contribution in [3.05, 3.63) is 55.5 Å². The van der Waals surface area contributed by atoms with Crippen molar-refractivity contribution >= 4 is 60.6 Å². The Hall–Kier alpha value is -1.75. The van der Waals surface area contributed by atoms with Crippen molar-refractivity contribution in [3.8, 4) is 0 Å². The van der Waals surface area contributed by atoms with Crippen LogP contribution < -0.4 is 10.6 Å². The molecule has 2 N–H and O–H groups in total. The molecular formula is C17H6Br2F12N2S. The Kier molecular flexibility index (Phi) is 7.85. The van der Waals surface area contributed by atoms with Gasteiger partial charge in [-0.25, -0.2) is 0 Å². The molecule has 0 unspecified atom stereocenters. The van der Waals surface area contributed by atoms with Crippen LogP contribution in [0.5, 0.6) is 0 Å². The first-order valence-corrected chi connectivity index (χ1v) is 10.2. The van der Waals surface area contributed by atoms with Gasteiger partial charge in [0.2, 0.25) is 0 Å². The highest BCUT2D eigenvalue weighted by molar-refractivity contribution is 9.10. The third-order valence-electron chi connectivity index (χ3n) is 3.88. The molecule has 0 aliphatic heterocycles. The Labute approximate surface area is 203 Å². The Balaban J connectivity index is 2.49. The quantitative estimate of drug-likeness (QED) is 0.249. The van der Waals surface area contributed by atoms with E-state index in [1.807, 2.05) is 10.6 Å². The van der Waals surface area contributed by atoms with Crippen LogP contribution in [0, 0.1) is 0 Å². The van der Waals surface area contributed by atoms with E-state index in [9.17, 15) is 52.7 Å². The van der Waals surface area contributed by atoms with Gasteiger partial charge in [0.1, 0.15) is 0 Å². The van der Waals surface area contributed by atoms with Gasteiger partial charge in [0.25, 0.3) is 0 Å². The van der Waals surface area contributed by atoms with E-state index in [4.69, 9.17) is 0 Å². The number of alkyl halides is 12. The summed E-state index contributed by atoms with van der Waals surface area (Å²) in [6.45, 7) is 0. The first kappa shape index (κ1) is 28.5. The molecule has 0 radical (unpaired) electrons. The number of halogens is 14. The maximum atomic E-state index is 13.1. The Morgan fingerprint density at radius 3 is 0.912 bits per heavy atom. The zero-order valence-corrected chi connectivity index (χ0v) is 19.5. The Morgan fingerprint density at radius 2 is 0.735 bits per heavy atom. The molecular weight excluding hydrogens is 652 g/mol. The summed E-state index contributed by atoms with van der Waals surface area (Å²) in [6, 6.07) is 0.878. The van der Waals surface area contributed by atoms with Gasteiger partial charge in [-0.1, -0.05) is 0 Å². The molecule has 0 spiro atoms. The predicted octanol–water partition coefficient (Wildman–Crippen LogP) is 9.10. The number of thiocarbonyl (C=S) groups is 1. The van der Waals surface area contributed by atoms with Crippen LogP contribution in [-0.4, -0.2) is 5.11 Å². The second-order valence-corrected chi connectivity index (χ2v) is 8.34. The van der Waals surface area contributed by atoms with E-state index in [1.165, 1.54) is 0 Å². The van der Waals surface area contributed by atoms with Crippen molar-refractivity contribution in [1.29, 1.82) is 0 Å². The van der Waals surface area contributed by atoms with Crippen molar-refractivity contribution in [2.45, 2.75) is 24.7 Å². The summed E-state index contributed by atoms with van der Waals surface area (Å²) in [7, 11) is 0. The van der Waals surface area contributed by atoms with E-state index >= 15 is 0 Å². The lowest BCUT2D eigenvalue weighted by atomic mass is 10.1. The first-order chi connectivity index (χ1) is 15.1. The van der Waals surface area contributed by atoms with E-state index in [1.54, 1.807) is 0 Å². The summed E-state index contributed by atoms with van der Waals surface area (Å²) in [5, 5.41) is 2.92. The zero-order chi connectivity index (χ0) is 26.4. The molecule has 0 saturated heterocycles. The summed E-state index contributed by atoms with van der Waals surface area (Å²) in [5.41, 5.74) is -8.79. The van der Waals surface area contributed by atoms with Crippen LogP contribution >= 0.6 is 44.1 Å². The van der Waals surface area contributed by atoms with Crippen LogP contribution in [0.25, 0.3) is 0 Å². The summed E-state index contributed by atoms with van der Waals surface area (Å²) in [6.07, 6.45) is -21.0. The van der Waals surface area contributed by atoms with Crippen LogP contribution in [0.2, 0.25) is 0 Å². The highest BCUT2D eigenvalue weighted by Crippen LogP contribution is 2.45. The molecule has 17 heteroatoms. The maximum absolute atomic E-state index is 13.1. The lowest BCUT2D eigenvalue weighted by molar-refractivity contribution is -0.145. The van der Waals surface area contributed by atoms with Gasteiger partial charge in [0.15, 0.2) is 5.11 Å². The van der Waals surface area contributed by atoms with Gasteiger partial charge in [-0.15, -0.1) is 0 Å². The largest absolute Gasteiger partial charge is 0.417 e. The smallest absolute Gasteiger partial charge is 0.332 e. The molecule has 2 aromatic rings. The fraction of sp³-hybridized carbons (Fsp3) is 0.235. The van der Waals surface area contributed by atoms with Crippen LogP contribution in [0.3, 0.4) is 0 Å². The fourth-order valence-electron chi connectivity index (χ4n) is 2.51. The molecule has 0 heterocycles. The molecule has 2 rings (SSSR count). The lowest BCUT2D eigenvalue weighted by Crippen LogP contribution is -2.22. The lowest BCUT2D eigenvalue weighted by Gasteiger charge is -2.20. The second kappa shape index (κ2) is 9.37. The van der Waals surface area contributed by atoms with Crippen molar-refractivity contribution in [1.82, 2.24) is 0 Å². The van der Waals surface area contributed by atoms with E-state index < -0.39 is 72.4 Å². The molecule has 2 aromatic carbocycles. The van der Waals surface area contributed by atoms with Crippen LogP contribution in [0.1, 0.15) is 22.3 Å². The van der Waals surface area contributed by atoms with Gasteiger partial charge in [-0.3, -0.25) is 0 Å². The predicted molar refractivity (Wildman–Crippen MR) is 108 cm³/mol. The standard InChI is InChI=1S/C17H6Br2F12N2S/c18-11-7(14(20,21)22)1-5(2-8(11)15(23,24)25)32-13(34)33-6-3-9(16(26,27)28)12(19)10(4-6)17(29,30)31/h1-4H,(H2,32,33,34). The van der Waals surface area contributed by atoms with E-state index in [0.29, 0.717) is 0 Å². The molecule has 2 nitrogen and oxygen atoms in total. The summed E-state index contributed by atoms with van der Waals surface area (Å²) >= 11 is 9.13. The summed E-state index contributed by atoms with van der Waals surface area (Å²) in [4.78, 5) is 0. The molecule has 0 aliphatic carbocycles. The Morgan fingerprint density at radius 1 is 0.529 bits per heavy atom. The highest BCUT2D eigenvalue weighted by Gasteiger charge is 2.42. The highest BCUT2D eigenvalue weighted by atomic mass is 79.9. The SMILES string of the molecule is FC(F)(F)c1cc(NC(=S)Nc2cc(C(F)(F)F)c(Br)c(C(F)(F)F)c2)cc(C(F)(F)F)c1Br. The number of anilines is 2. The van der Waals surface area contributed by atoms with Crippen molar-refractivity contribution in [2.24, 2.45) is 0 Å². The van der Waals surface area contributed by atoms with E-state index in [2.05, 4.69) is 44.1 Å². The molecule has 0 aromatic heterocycles. The normalized spacial score (nSPS) is 13.1. The van der Waals surface area contributed by atoms with Crippen LogP contribution in [0.4, 0.5) is 64.1 Å². The number of rotatable bonds is 2. The van der Waals surface area contributed by atoms with Gasteiger partial charge in [-0.05, 0) is 68.3 Å². The van der Waals surface area contributed by atoms with Crippen molar-refractivity contribution < 1.29 is 52.7 Å². The minimum Gasteiger partial charge on any atom is -0.332 e. The molecule has 0 saturated carbocycles. The minimum atomic E-state index is -5.25. The third kappa shape index (κ3) is 6.68. The Bertz CT molecular complexity index is 948. The molecule has 0 atom stereocenters. The van der Waals surface area contributed by atoms with E-state index in [-0.39, 0.29) is 24.3 Å². The van der Waals surface area contributed by atoms with Gasteiger partial charge in [0.05, 0.1) is 22.3 Å². The number of hydrogen-bond acceptors (Lipinski definition) is 1. The maximum Gasteiger partial charge on any atom is 0.417 e. The van der Waals surface area contributed by atoms with Gasteiger partial charge in [0, 0.05) is 20.3 Å². The summed E-state index contributed by atoms with van der Waals surface area (Å²) in [5.74, 6) is 0. The molecule has 34 heavy (non-hydrogen) atoms. The van der Waals surface area contributed by atoms with Gasteiger partial charge >= 0.3 is 24.7 Å². The first-order valence-electron chi connectivity index (χ1n) is 8.16. The summed E-state index contributed by atoms with van der Waals surface area (Å²) < 4.78 is 155. The van der Waals surface area contributed by atoms with Crippen molar-refractivity contribution in [3.63, 3.8) is 0 Å². The van der Waals surface area contributed by atoms with Gasteiger partial charge in [-0.2, -0.15) is 52.7 Å². The molecule has 188 valence electrons. The molecule has 0 aliphatic rings. The van der Waals surface area contributed by atoms with Crippen LogP contribution in [0.15, 0.2) is 33.2 Å². The monoisotopic (exact) mass is 656 g/mol. The second-order valence-electron chi connectivity index (χ2n) is 6.34.